The molecular formula is C32H28F5NO3S. The Morgan fingerprint density at radius 3 is 2.10 bits per heavy atom. The molecule has 1 heterocycles. The highest BCUT2D eigenvalue weighted by molar-refractivity contribution is 7.91. The molecule has 1 aliphatic carbocycles. The van der Waals surface area contributed by atoms with Crippen LogP contribution in [0.1, 0.15) is 83.8 Å². The van der Waals surface area contributed by atoms with Crippen LogP contribution in [0, 0.1) is 5.82 Å². The Bertz CT molecular complexity index is 1690. The van der Waals surface area contributed by atoms with Gasteiger partial charge in [0.25, 0.3) is 0 Å². The van der Waals surface area contributed by atoms with Gasteiger partial charge < -0.3 is 5.11 Å². The van der Waals surface area contributed by atoms with E-state index in [1.165, 1.54) is 36.4 Å². The van der Waals surface area contributed by atoms with E-state index in [-0.39, 0.29) is 51.4 Å². The lowest BCUT2D eigenvalue weighted by atomic mass is 9.80. The maximum atomic E-state index is 16.6. The number of aliphatic hydroxyl groups excluding tert-OH is 1. The lowest BCUT2D eigenvalue weighted by Gasteiger charge is -2.33. The van der Waals surface area contributed by atoms with Crippen LogP contribution in [-0.2, 0) is 16.0 Å². The predicted octanol–water partition coefficient (Wildman–Crippen LogP) is 8.43. The first-order valence-electron chi connectivity index (χ1n) is 13.4. The summed E-state index contributed by atoms with van der Waals surface area (Å²) in [6, 6.07) is 16.6. The van der Waals surface area contributed by atoms with Gasteiger partial charge in [-0.15, -0.1) is 0 Å². The van der Waals surface area contributed by atoms with Gasteiger partial charge in [-0.25, -0.2) is 17.2 Å². The van der Waals surface area contributed by atoms with Gasteiger partial charge in [-0.3, -0.25) is 4.98 Å². The van der Waals surface area contributed by atoms with Crippen LogP contribution in [0.4, 0.5) is 22.0 Å². The lowest BCUT2D eigenvalue weighted by molar-refractivity contribution is -0.137. The van der Waals surface area contributed by atoms with Crippen LogP contribution in [0.2, 0.25) is 0 Å². The molecule has 0 amide bonds. The summed E-state index contributed by atoms with van der Waals surface area (Å²) in [5.41, 5.74) is -0.136. The number of halogens is 5. The van der Waals surface area contributed by atoms with E-state index >= 15 is 4.39 Å². The van der Waals surface area contributed by atoms with Crippen molar-refractivity contribution in [1.82, 2.24) is 4.98 Å². The third-order valence-corrected chi connectivity index (χ3v) is 9.72. The van der Waals surface area contributed by atoms with Crippen molar-refractivity contribution in [3.8, 4) is 11.1 Å². The number of benzene rings is 3. The number of hydrogen-bond donors (Lipinski definition) is 1. The molecule has 0 fully saturated rings. The number of pyridine rings is 1. The molecule has 4 aromatic rings. The summed E-state index contributed by atoms with van der Waals surface area (Å²) in [7, 11) is -3.98. The minimum atomic E-state index is -4.61. The molecule has 220 valence electrons. The van der Waals surface area contributed by atoms with Gasteiger partial charge in [-0.2, -0.15) is 13.2 Å². The molecule has 0 bridgehead atoms. The zero-order valence-electron chi connectivity index (χ0n) is 22.7. The van der Waals surface area contributed by atoms with E-state index in [0.717, 1.165) is 24.3 Å². The Morgan fingerprint density at radius 1 is 0.905 bits per heavy atom. The van der Waals surface area contributed by atoms with Gasteiger partial charge in [0.15, 0.2) is 16.0 Å². The molecule has 0 radical (unpaired) electrons. The summed E-state index contributed by atoms with van der Waals surface area (Å²) in [4.78, 5) is 4.79. The van der Waals surface area contributed by atoms with Crippen LogP contribution < -0.4 is 0 Å². The molecule has 4 nitrogen and oxygen atoms in total. The third-order valence-electron chi connectivity index (χ3n) is 7.58. The van der Waals surface area contributed by atoms with Crippen LogP contribution in [0.25, 0.3) is 11.1 Å². The average Bonchev–Trinajstić information content (AvgIpc) is 2.96. The van der Waals surface area contributed by atoms with Crippen LogP contribution in [-0.4, -0.2) is 18.5 Å². The first-order valence-corrected chi connectivity index (χ1v) is 15.0. The smallest absolute Gasteiger partial charge is 0.388 e. The van der Waals surface area contributed by atoms with Crippen molar-refractivity contribution in [1.29, 1.82) is 0 Å². The molecular weight excluding hydrogens is 573 g/mol. The highest BCUT2D eigenvalue weighted by atomic mass is 32.2. The number of nitrogens with zero attached hydrogens (tertiary/aromatic N) is 1. The summed E-state index contributed by atoms with van der Waals surface area (Å²) in [5.74, 6) is -1.01. The quantitative estimate of drug-likeness (QED) is 0.225. The van der Waals surface area contributed by atoms with Crippen molar-refractivity contribution in [3.05, 3.63) is 118 Å². The number of sulfone groups is 1. The first kappa shape index (κ1) is 29.8. The molecule has 0 spiro atoms. The molecule has 3 atom stereocenters. The number of rotatable bonds is 6. The van der Waals surface area contributed by atoms with Gasteiger partial charge in [0.2, 0.25) is 0 Å². The van der Waals surface area contributed by atoms with Gasteiger partial charge in [-0.05, 0) is 71.8 Å². The molecule has 3 aromatic carbocycles. The second kappa shape index (κ2) is 11.2. The van der Waals surface area contributed by atoms with E-state index in [9.17, 15) is 31.1 Å². The van der Waals surface area contributed by atoms with Crippen molar-refractivity contribution in [3.63, 3.8) is 0 Å². The monoisotopic (exact) mass is 601 g/mol. The number of fused-ring (bicyclic) bond motifs is 1. The normalized spacial score (nSPS) is 18.1. The van der Waals surface area contributed by atoms with Crippen molar-refractivity contribution < 1.29 is 35.5 Å². The van der Waals surface area contributed by atoms with Crippen molar-refractivity contribution in [2.45, 2.75) is 61.2 Å². The molecule has 0 saturated heterocycles. The highest BCUT2D eigenvalue weighted by Gasteiger charge is 2.41. The minimum absolute atomic E-state index is 0.00748. The van der Waals surface area contributed by atoms with Crippen LogP contribution in [0.3, 0.4) is 0 Å². The number of aromatic nitrogens is 1. The van der Waals surface area contributed by atoms with E-state index in [2.05, 4.69) is 0 Å². The fraction of sp³-hybridized carbons (Fsp3) is 0.281. The van der Waals surface area contributed by atoms with E-state index in [0.29, 0.717) is 5.56 Å². The largest absolute Gasteiger partial charge is 0.416 e. The highest BCUT2D eigenvalue weighted by Crippen LogP contribution is 2.50. The summed E-state index contributed by atoms with van der Waals surface area (Å²) in [6.07, 6.45) is -7.70. The number of aliphatic hydroxyl groups is 1. The first-order chi connectivity index (χ1) is 19.8. The van der Waals surface area contributed by atoms with Crippen molar-refractivity contribution >= 4 is 9.84 Å². The Hall–Kier alpha value is -3.63. The second-order valence-electron chi connectivity index (χ2n) is 10.7. The van der Waals surface area contributed by atoms with Gasteiger partial charge in [0, 0.05) is 11.1 Å². The molecule has 1 aromatic heterocycles. The molecule has 10 heteroatoms. The molecule has 1 N–H and O–H groups in total. The fourth-order valence-electron chi connectivity index (χ4n) is 5.53. The molecule has 42 heavy (non-hydrogen) atoms. The molecule has 1 aliphatic rings. The molecule has 0 saturated carbocycles. The number of alkyl halides is 4. The minimum Gasteiger partial charge on any atom is -0.388 e. The Kier molecular flexibility index (Phi) is 7.98. The van der Waals surface area contributed by atoms with Crippen LogP contribution in [0.15, 0.2) is 83.8 Å². The molecule has 3 unspecified atom stereocenters. The topological polar surface area (TPSA) is 67.3 Å². The van der Waals surface area contributed by atoms with Gasteiger partial charge in [-0.1, -0.05) is 56.3 Å². The molecule has 5 rings (SSSR count). The fourth-order valence-corrected chi connectivity index (χ4v) is 7.32. The van der Waals surface area contributed by atoms with Gasteiger partial charge >= 0.3 is 6.18 Å². The standard InChI is InChI=1S/C32H28F5NO3S/c1-18(2)30-28(29(34)20-8-12-21(13-9-20)32(35,36)37)26(19-10-14-22(33)15-11-19)27-24(39)16-17-25(31(27)38-30)42(40,41)23-6-4-3-5-7-23/h3-15,18,24-25,29,39H,16-17H2,1-2H3. The maximum absolute atomic E-state index is 16.6. The SMILES string of the molecule is CC(C)c1nc2c(c(-c3ccc(F)cc3)c1C(F)c1ccc(C(F)(F)F)cc1)C(O)CCC2S(=O)(=O)c1ccccc1. The van der Waals surface area contributed by atoms with Gasteiger partial charge in [0.1, 0.15) is 11.1 Å². The van der Waals surface area contributed by atoms with Gasteiger partial charge in [0.05, 0.1) is 28.0 Å². The Morgan fingerprint density at radius 2 is 1.52 bits per heavy atom. The zero-order valence-corrected chi connectivity index (χ0v) is 23.6. The van der Waals surface area contributed by atoms with E-state index in [1.54, 1.807) is 32.0 Å². The van der Waals surface area contributed by atoms with E-state index in [4.69, 9.17) is 4.98 Å². The van der Waals surface area contributed by atoms with Crippen LogP contribution in [0.5, 0.6) is 0 Å². The lowest BCUT2D eigenvalue weighted by Crippen LogP contribution is -2.26. The summed E-state index contributed by atoms with van der Waals surface area (Å²) in [5, 5.41) is 10.1. The maximum Gasteiger partial charge on any atom is 0.416 e. The average molecular weight is 602 g/mol. The van der Waals surface area contributed by atoms with E-state index < -0.39 is 50.8 Å². The second-order valence-corrected chi connectivity index (χ2v) is 12.8. The Labute approximate surface area is 240 Å². The third kappa shape index (κ3) is 5.45. The van der Waals surface area contributed by atoms with Crippen molar-refractivity contribution in [2.24, 2.45) is 0 Å². The summed E-state index contributed by atoms with van der Waals surface area (Å²) in [6.45, 7) is 3.48. The van der Waals surface area contributed by atoms with E-state index in [1.807, 2.05) is 0 Å². The number of hydrogen-bond acceptors (Lipinski definition) is 4. The molecule has 0 aliphatic heterocycles. The summed E-state index contributed by atoms with van der Waals surface area (Å²) < 4.78 is 97.9. The summed E-state index contributed by atoms with van der Waals surface area (Å²) >= 11 is 0. The Balaban J connectivity index is 1.81. The zero-order chi connectivity index (χ0) is 30.4. The van der Waals surface area contributed by atoms with Crippen LogP contribution >= 0.6 is 0 Å². The van der Waals surface area contributed by atoms with Crippen molar-refractivity contribution in [2.75, 3.05) is 0 Å². The predicted molar refractivity (Wildman–Crippen MR) is 149 cm³/mol.